The van der Waals surface area contributed by atoms with Crippen LogP contribution < -0.4 is 0 Å². The van der Waals surface area contributed by atoms with Crippen molar-refractivity contribution < 1.29 is 14.3 Å². The van der Waals surface area contributed by atoms with Crippen molar-refractivity contribution in [3.8, 4) is 17.4 Å². The summed E-state index contributed by atoms with van der Waals surface area (Å²) < 4.78 is 6.07. The molecule has 1 saturated heterocycles. The van der Waals surface area contributed by atoms with E-state index >= 15 is 0 Å². The second-order valence-corrected chi connectivity index (χ2v) is 8.37. The fraction of sp³-hybridized carbons (Fsp3) is 0.185. The average Bonchev–Trinajstić information content (AvgIpc) is 3.19. The Morgan fingerprint density at radius 2 is 1.78 bits per heavy atom. The van der Waals surface area contributed by atoms with Crippen molar-refractivity contribution in [1.82, 2.24) is 4.90 Å². The Balaban J connectivity index is 1.37. The van der Waals surface area contributed by atoms with Crippen LogP contribution in [0.15, 0.2) is 77.2 Å². The predicted octanol–water partition coefficient (Wildman–Crippen LogP) is 5.08. The number of furan rings is 1. The minimum absolute atomic E-state index is 0.285. The smallest absolute Gasteiger partial charge is 0.309 e. The molecular formula is C27H22N2O3. The quantitative estimate of drug-likeness (QED) is 0.469. The van der Waals surface area contributed by atoms with Crippen LogP contribution in [-0.4, -0.2) is 29.1 Å². The Hall–Kier alpha value is -3.88. The van der Waals surface area contributed by atoms with Gasteiger partial charge >= 0.3 is 5.97 Å². The summed E-state index contributed by atoms with van der Waals surface area (Å²) in [7, 11) is 0. The van der Waals surface area contributed by atoms with Crippen LogP contribution in [-0.2, 0) is 17.8 Å². The SMILES string of the molecule is N#Cc1cc(CN2CC(C(=O)O)C2)ccc1-c1cc2cc(Cc3ccccc3)ccc2o1. The van der Waals surface area contributed by atoms with Gasteiger partial charge in [0, 0.05) is 30.6 Å². The van der Waals surface area contributed by atoms with E-state index < -0.39 is 5.97 Å². The number of carbonyl (C=O) groups is 1. The monoisotopic (exact) mass is 422 g/mol. The number of nitrogens with zero attached hydrogens (tertiary/aromatic N) is 2. The second-order valence-electron chi connectivity index (χ2n) is 8.37. The molecule has 1 N–H and O–H groups in total. The zero-order valence-corrected chi connectivity index (χ0v) is 17.5. The lowest BCUT2D eigenvalue weighted by atomic mass is 9.98. The highest BCUT2D eigenvalue weighted by atomic mass is 16.4. The van der Waals surface area contributed by atoms with Gasteiger partial charge in [-0.2, -0.15) is 5.26 Å². The van der Waals surface area contributed by atoms with Gasteiger partial charge in [0.1, 0.15) is 11.3 Å². The fourth-order valence-electron chi connectivity index (χ4n) is 4.28. The number of benzene rings is 3. The minimum atomic E-state index is -0.744. The molecule has 1 aliphatic rings. The molecule has 0 aliphatic carbocycles. The molecule has 2 heterocycles. The molecule has 0 saturated carbocycles. The Labute approximate surface area is 186 Å². The van der Waals surface area contributed by atoms with E-state index in [1.165, 1.54) is 11.1 Å². The molecule has 32 heavy (non-hydrogen) atoms. The molecule has 0 radical (unpaired) electrons. The van der Waals surface area contributed by atoms with Crippen LogP contribution in [0.5, 0.6) is 0 Å². The second kappa shape index (κ2) is 8.33. The first-order valence-corrected chi connectivity index (χ1v) is 10.6. The molecule has 1 fully saturated rings. The van der Waals surface area contributed by atoms with Gasteiger partial charge in [-0.25, -0.2) is 0 Å². The third-order valence-corrected chi connectivity index (χ3v) is 6.01. The van der Waals surface area contributed by atoms with Gasteiger partial charge in [-0.1, -0.05) is 42.5 Å². The Morgan fingerprint density at radius 1 is 1.00 bits per heavy atom. The maximum Gasteiger partial charge on any atom is 0.309 e. The van der Waals surface area contributed by atoms with Crippen molar-refractivity contribution in [3.63, 3.8) is 0 Å². The summed E-state index contributed by atoms with van der Waals surface area (Å²) >= 11 is 0. The maximum absolute atomic E-state index is 11.0. The molecule has 1 aliphatic heterocycles. The number of carboxylic acids is 1. The van der Waals surface area contributed by atoms with E-state index in [2.05, 4.69) is 35.2 Å². The summed E-state index contributed by atoms with van der Waals surface area (Å²) in [6, 6.07) is 26.6. The highest BCUT2D eigenvalue weighted by Crippen LogP contribution is 2.32. The zero-order chi connectivity index (χ0) is 22.1. The maximum atomic E-state index is 11.0. The molecule has 1 aromatic heterocycles. The summed E-state index contributed by atoms with van der Waals surface area (Å²) in [5.74, 6) is -0.354. The molecule has 5 rings (SSSR count). The molecule has 3 aromatic carbocycles. The van der Waals surface area contributed by atoms with Crippen LogP contribution in [0.1, 0.15) is 22.3 Å². The van der Waals surface area contributed by atoms with E-state index in [4.69, 9.17) is 9.52 Å². The molecule has 5 nitrogen and oxygen atoms in total. The number of rotatable bonds is 6. The summed E-state index contributed by atoms with van der Waals surface area (Å²) in [4.78, 5) is 13.1. The largest absolute Gasteiger partial charge is 0.481 e. The van der Waals surface area contributed by atoms with Gasteiger partial charge in [0.05, 0.1) is 17.6 Å². The third-order valence-electron chi connectivity index (χ3n) is 6.01. The van der Waals surface area contributed by atoms with Gasteiger partial charge in [-0.3, -0.25) is 9.69 Å². The highest BCUT2D eigenvalue weighted by molar-refractivity contribution is 5.84. The number of carboxylic acid groups (broad SMARTS) is 1. The molecule has 0 amide bonds. The van der Waals surface area contributed by atoms with Crippen LogP contribution in [0.4, 0.5) is 0 Å². The highest BCUT2D eigenvalue weighted by Gasteiger charge is 2.32. The molecule has 158 valence electrons. The number of fused-ring (bicyclic) bond motifs is 1. The molecule has 0 bridgehead atoms. The van der Waals surface area contributed by atoms with Gasteiger partial charge in [0.15, 0.2) is 0 Å². The standard InChI is InChI=1S/C27H22N2O3/c28-14-22-12-20(15-29-16-23(17-29)27(30)31)6-8-24(22)26-13-21-11-19(7-9-25(21)32-26)10-18-4-2-1-3-5-18/h1-9,11-13,23H,10,15-17H2,(H,30,31). The van der Waals surface area contributed by atoms with Gasteiger partial charge in [0.2, 0.25) is 0 Å². The summed E-state index contributed by atoms with van der Waals surface area (Å²) in [5, 5.41) is 19.8. The van der Waals surface area contributed by atoms with E-state index in [1.54, 1.807) is 0 Å². The topological polar surface area (TPSA) is 77.5 Å². The van der Waals surface area contributed by atoms with Gasteiger partial charge in [-0.05, 0) is 53.4 Å². The van der Waals surface area contributed by atoms with Crippen LogP contribution >= 0.6 is 0 Å². The fourth-order valence-corrected chi connectivity index (χ4v) is 4.28. The molecular weight excluding hydrogens is 400 g/mol. The summed E-state index contributed by atoms with van der Waals surface area (Å²) in [5.41, 5.74) is 5.59. The molecule has 4 aromatic rings. The summed E-state index contributed by atoms with van der Waals surface area (Å²) in [6.45, 7) is 1.74. The van der Waals surface area contributed by atoms with Crippen LogP contribution in [0.25, 0.3) is 22.3 Å². The van der Waals surface area contributed by atoms with E-state index in [0.717, 1.165) is 28.5 Å². The Bertz CT molecular complexity index is 1330. The Kier molecular flexibility index (Phi) is 5.22. The van der Waals surface area contributed by atoms with Crippen LogP contribution in [0, 0.1) is 17.2 Å². The lowest BCUT2D eigenvalue weighted by Crippen LogP contribution is -2.49. The van der Waals surface area contributed by atoms with Gasteiger partial charge < -0.3 is 9.52 Å². The number of hydrogen-bond acceptors (Lipinski definition) is 4. The number of likely N-dealkylation sites (tertiary alicyclic amines) is 1. The normalized spacial score (nSPS) is 14.2. The van der Waals surface area contributed by atoms with Gasteiger partial charge in [-0.15, -0.1) is 0 Å². The van der Waals surface area contributed by atoms with Crippen molar-refractivity contribution in [2.75, 3.05) is 13.1 Å². The van der Waals surface area contributed by atoms with E-state index in [0.29, 0.717) is 31.0 Å². The first kappa shape index (κ1) is 20.0. The van der Waals surface area contributed by atoms with Gasteiger partial charge in [0.25, 0.3) is 0 Å². The van der Waals surface area contributed by atoms with E-state index in [9.17, 15) is 10.1 Å². The molecule has 0 spiro atoms. The van der Waals surface area contributed by atoms with Crippen LogP contribution in [0.2, 0.25) is 0 Å². The molecule has 0 atom stereocenters. The number of nitriles is 1. The minimum Gasteiger partial charge on any atom is -0.481 e. The van der Waals surface area contributed by atoms with E-state index in [-0.39, 0.29) is 5.92 Å². The third kappa shape index (κ3) is 4.01. The average molecular weight is 422 g/mol. The van der Waals surface area contributed by atoms with E-state index in [1.807, 2.05) is 48.5 Å². The first-order valence-electron chi connectivity index (χ1n) is 10.6. The molecule has 0 unspecified atom stereocenters. The van der Waals surface area contributed by atoms with Crippen molar-refractivity contribution in [3.05, 3.63) is 95.1 Å². The van der Waals surface area contributed by atoms with Crippen molar-refractivity contribution in [2.45, 2.75) is 13.0 Å². The molecule has 5 heteroatoms. The van der Waals surface area contributed by atoms with Crippen molar-refractivity contribution >= 4 is 16.9 Å². The number of aliphatic carboxylic acids is 1. The predicted molar refractivity (Wildman–Crippen MR) is 122 cm³/mol. The Morgan fingerprint density at radius 3 is 2.53 bits per heavy atom. The number of hydrogen-bond donors (Lipinski definition) is 1. The lowest BCUT2D eigenvalue weighted by molar-refractivity contribution is -0.147. The van der Waals surface area contributed by atoms with Crippen LogP contribution in [0.3, 0.4) is 0 Å². The van der Waals surface area contributed by atoms with Crippen molar-refractivity contribution in [2.24, 2.45) is 5.92 Å². The van der Waals surface area contributed by atoms with Crippen molar-refractivity contribution in [1.29, 1.82) is 5.26 Å². The first-order chi connectivity index (χ1) is 15.6. The summed E-state index contributed by atoms with van der Waals surface area (Å²) in [6.07, 6.45) is 0.856. The zero-order valence-electron chi connectivity index (χ0n) is 17.5. The lowest BCUT2D eigenvalue weighted by Gasteiger charge is -2.36.